The van der Waals surface area contributed by atoms with Crippen LogP contribution in [0.2, 0.25) is 5.15 Å². The van der Waals surface area contributed by atoms with Crippen LogP contribution in [0.4, 0.5) is 10.6 Å². The third-order valence-corrected chi connectivity index (χ3v) is 6.44. The summed E-state index contributed by atoms with van der Waals surface area (Å²) in [5, 5.41) is 3.68. The Morgan fingerprint density at radius 1 is 1.06 bits per heavy atom. The maximum Gasteiger partial charge on any atom is 0.318 e. The van der Waals surface area contributed by atoms with Crippen molar-refractivity contribution < 1.29 is 4.79 Å². The molecule has 7 nitrogen and oxygen atoms in total. The Morgan fingerprint density at radius 3 is 2.35 bits per heavy atom. The van der Waals surface area contributed by atoms with Crippen LogP contribution in [0.3, 0.4) is 0 Å². The largest absolute Gasteiger partial charge is 0.351 e. The van der Waals surface area contributed by atoms with E-state index in [-0.39, 0.29) is 24.2 Å². The highest BCUT2D eigenvalue weighted by Crippen LogP contribution is 2.22. The first-order chi connectivity index (χ1) is 15.0. The van der Waals surface area contributed by atoms with Gasteiger partial charge in [0.1, 0.15) is 11.0 Å². The summed E-state index contributed by atoms with van der Waals surface area (Å²) in [7, 11) is 0. The van der Waals surface area contributed by atoms with Crippen molar-refractivity contribution in [1.82, 2.24) is 25.1 Å². The van der Waals surface area contributed by atoms with E-state index in [4.69, 9.17) is 11.6 Å². The molecular formula is C23H31ClN6O. The monoisotopic (exact) mass is 442 g/mol. The second kappa shape index (κ2) is 9.83. The molecule has 31 heavy (non-hydrogen) atoms. The summed E-state index contributed by atoms with van der Waals surface area (Å²) >= 11 is 5.86. The number of nitrogens with one attached hydrogen (secondary N) is 1. The molecular weight excluding hydrogens is 412 g/mol. The number of carbonyl (C=O) groups is 1. The topological polar surface area (TPSA) is 64.6 Å². The van der Waals surface area contributed by atoms with Crippen molar-refractivity contribution in [1.29, 1.82) is 0 Å². The summed E-state index contributed by atoms with van der Waals surface area (Å²) in [5.74, 6) is 0.800. The van der Waals surface area contributed by atoms with Crippen molar-refractivity contribution in [3.63, 3.8) is 0 Å². The van der Waals surface area contributed by atoms with Crippen LogP contribution >= 0.6 is 11.6 Å². The highest BCUT2D eigenvalue weighted by Gasteiger charge is 2.34. The van der Waals surface area contributed by atoms with E-state index < -0.39 is 0 Å². The summed E-state index contributed by atoms with van der Waals surface area (Å²) in [6.45, 7) is 8.63. The number of urea groups is 1. The van der Waals surface area contributed by atoms with Gasteiger partial charge in [0.2, 0.25) is 0 Å². The molecule has 3 heterocycles. The van der Waals surface area contributed by atoms with E-state index in [1.165, 1.54) is 5.56 Å². The lowest BCUT2D eigenvalue weighted by Gasteiger charge is -2.45. The number of piperazine rings is 1. The molecule has 8 heteroatoms. The molecule has 2 saturated heterocycles. The van der Waals surface area contributed by atoms with Gasteiger partial charge in [-0.3, -0.25) is 4.90 Å². The molecule has 2 fully saturated rings. The minimum absolute atomic E-state index is 0.0448. The van der Waals surface area contributed by atoms with E-state index in [0.717, 1.165) is 51.4 Å². The molecule has 2 amide bonds. The summed E-state index contributed by atoms with van der Waals surface area (Å²) < 4.78 is 0. The van der Waals surface area contributed by atoms with Gasteiger partial charge in [0.15, 0.2) is 0 Å². The van der Waals surface area contributed by atoms with Gasteiger partial charge in [0.05, 0.1) is 12.4 Å². The zero-order valence-corrected chi connectivity index (χ0v) is 19.0. The molecule has 0 unspecified atom stereocenters. The highest BCUT2D eigenvalue weighted by atomic mass is 35.5. The molecule has 166 valence electrons. The number of hydrogen-bond donors (Lipinski definition) is 1. The Labute approximate surface area is 189 Å². The maximum atomic E-state index is 13.1. The number of amides is 2. The molecule has 1 N–H and O–H groups in total. The lowest BCUT2D eigenvalue weighted by atomic mass is 10.0. The first-order valence-electron chi connectivity index (χ1n) is 11.1. The van der Waals surface area contributed by atoms with Crippen molar-refractivity contribution in [2.45, 2.75) is 51.4 Å². The summed E-state index contributed by atoms with van der Waals surface area (Å²) in [6, 6.07) is 11.0. The summed E-state index contributed by atoms with van der Waals surface area (Å²) in [5.41, 5.74) is 1.34. The van der Waals surface area contributed by atoms with Gasteiger partial charge in [-0.05, 0) is 32.3 Å². The van der Waals surface area contributed by atoms with Crippen molar-refractivity contribution in [3.8, 4) is 0 Å². The third kappa shape index (κ3) is 5.46. The van der Waals surface area contributed by atoms with E-state index in [2.05, 4.69) is 69.3 Å². The van der Waals surface area contributed by atoms with Gasteiger partial charge in [-0.25, -0.2) is 14.8 Å². The zero-order valence-electron chi connectivity index (χ0n) is 18.2. The lowest BCUT2D eigenvalue weighted by molar-refractivity contribution is 0.130. The number of nitrogens with zero attached hydrogens (tertiary/aromatic N) is 5. The third-order valence-electron chi connectivity index (χ3n) is 6.25. The van der Waals surface area contributed by atoms with E-state index in [1.807, 2.05) is 4.90 Å². The van der Waals surface area contributed by atoms with Gasteiger partial charge in [-0.15, -0.1) is 0 Å². The van der Waals surface area contributed by atoms with Crippen LogP contribution in [0.1, 0.15) is 32.3 Å². The first kappa shape index (κ1) is 21.8. The van der Waals surface area contributed by atoms with Crippen LogP contribution in [0.5, 0.6) is 0 Å². The van der Waals surface area contributed by atoms with Crippen LogP contribution < -0.4 is 10.2 Å². The highest BCUT2D eigenvalue weighted by molar-refractivity contribution is 6.29. The molecule has 4 rings (SSSR count). The van der Waals surface area contributed by atoms with Gasteiger partial charge < -0.3 is 15.1 Å². The van der Waals surface area contributed by atoms with Gasteiger partial charge in [0, 0.05) is 50.8 Å². The molecule has 0 radical (unpaired) electrons. The number of hydrogen-bond acceptors (Lipinski definition) is 5. The number of aromatic nitrogens is 2. The number of rotatable bonds is 4. The van der Waals surface area contributed by atoms with Crippen molar-refractivity contribution in [2.24, 2.45) is 0 Å². The van der Waals surface area contributed by atoms with Crippen LogP contribution in [-0.4, -0.2) is 70.1 Å². The van der Waals surface area contributed by atoms with Gasteiger partial charge in [-0.2, -0.15) is 0 Å². The van der Waals surface area contributed by atoms with E-state index in [9.17, 15) is 4.79 Å². The number of carbonyl (C=O) groups excluding carboxylic acids is 1. The van der Waals surface area contributed by atoms with Gasteiger partial charge in [-0.1, -0.05) is 41.9 Å². The van der Waals surface area contributed by atoms with Crippen LogP contribution in [0, 0.1) is 0 Å². The normalized spacial score (nSPS) is 23.1. The fraction of sp³-hybridized carbons (Fsp3) is 0.522. The maximum absolute atomic E-state index is 13.1. The first-order valence-corrected chi connectivity index (χ1v) is 11.4. The quantitative estimate of drug-likeness (QED) is 0.786. The van der Waals surface area contributed by atoms with Crippen LogP contribution in [0.25, 0.3) is 0 Å². The predicted molar refractivity (Wildman–Crippen MR) is 123 cm³/mol. The van der Waals surface area contributed by atoms with E-state index in [1.54, 1.807) is 12.4 Å². The van der Waals surface area contributed by atoms with E-state index >= 15 is 0 Å². The molecule has 0 spiro atoms. The number of likely N-dealkylation sites (tertiary alicyclic amines) is 1. The van der Waals surface area contributed by atoms with Crippen molar-refractivity contribution in [2.75, 3.05) is 31.1 Å². The SMILES string of the molecule is C[C@@H]1CN(c2cnc(Cl)cn2)C[C@H](C)N1C(=O)NC1CCN(Cc2ccccc2)CC1. The smallest absolute Gasteiger partial charge is 0.318 e. The predicted octanol–water partition coefficient (Wildman–Crippen LogP) is 3.40. The average molecular weight is 443 g/mol. The van der Waals surface area contributed by atoms with Crippen molar-refractivity contribution >= 4 is 23.4 Å². The Morgan fingerprint density at radius 2 is 1.74 bits per heavy atom. The molecule has 0 aliphatic carbocycles. The number of halogens is 1. The Balaban J connectivity index is 1.27. The fourth-order valence-electron chi connectivity index (χ4n) is 4.71. The molecule has 2 aliphatic heterocycles. The second-order valence-electron chi connectivity index (χ2n) is 8.69. The Bertz CT molecular complexity index is 844. The molecule has 2 atom stereocenters. The second-order valence-corrected chi connectivity index (χ2v) is 9.08. The van der Waals surface area contributed by atoms with E-state index in [0.29, 0.717) is 5.15 Å². The molecule has 1 aromatic heterocycles. The molecule has 2 aliphatic rings. The minimum Gasteiger partial charge on any atom is -0.351 e. The summed E-state index contributed by atoms with van der Waals surface area (Å²) in [6.07, 6.45) is 5.24. The Kier molecular flexibility index (Phi) is 6.92. The standard InChI is InChI=1S/C23H31ClN6O/c1-17-14-29(22-13-25-21(24)12-26-22)15-18(2)30(17)23(31)27-20-8-10-28(11-9-20)16-19-6-4-3-5-7-19/h3-7,12-13,17-18,20H,8-11,14-16H2,1-2H3,(H,27,31)/t17-,18+. The Hall–Kier alpha value is -2.38. The molecule has 0 bridgehead atoms. The number of piperidine rings is 1. The fourth-order valence-corrected chi connectivity index (χ4v) is 4.80. The average Bonchev–Trinajstić information content (AvgIpc) is 2.76. The molecule has 1 aromatic carbocycles. The van der Waals surface area contributed by atoms with Gasteiger partial charge in [0.25, 0.3) is 0 Å². The molecule has 2 aromatic rings. The minimum atomic E-state index is 0.0448. The van der Waals surface area contributed by atoms with Gasteiger partial charge >= 0.3 is 6.03 Å². The number of anilines is 1. The lowest BCUT2D eigenvalue weighted by Crippen LogP contribution is -2.62. The number of benzene rings is 1. The molecule has 0 saturated carbocycles. The zero-order chi connectivity index (χ0) is 21.8. The van der Waals surface area contributed by atoms with Crippen LogP contribution in [-0.2, 0) is 6.54 Å². The van der Waals surface area contributed by atoms with Crippen molar-refractivity contribution in [3.05, 3.63) is 53.4 Å². The van der Waals surface area contributed by atoms with Crippen LogP contribution in [0.15, 0.2) is 42.7 Å². The summed E-state index contributed by atoms with van der Waals surface area (Å²) in [4.78, 5) is 28.2.